The number of aromatic amines is 1. The predicted octanol–water partition coefficient (Wildman–Crippen LogP) is 2.13. The first-order valence-corrected chi connectivity index (χ1v) is 3.86. The van der Waals surface area contributed by atoms with Crippen LogP contribution < -0.4 is 0 Å². The maximum atomic E-state index is 5.64. The summed E-state index contributed by atoms with van der Waals surface area (Å²) in [7, 11) is 0. The predicted molar refractivity (Wildman–Crippen MR) is 46.8 cm³/mol. The Morgan fingerprint density at radius 1 is 1.33 bits per heavy atom. The van der Waals surface area contributed by atoms with Crippen molar-refractivity contribution in [1.82, 2.24) is 15.0 Å². The molecule has 1 N–H and O–H groups in total. The first kappa shape index (κ1) is 7.31. The van der Waals surface area contributed by atoms with Gasteiger partial charge < -0.3 is 4.98 Å². The van der Waals surface area contributed by atoms with Crippen LogP contribution in [0.1, 0.15) is 0 Å². The molecule has 0 saturated carbocycles. The molecule has 2 heterocycles. The van der Waals surface area contributed by atoms with Gasteiger partial charge >= 0.3 is 0 Å². The third kappa shape index (κ3) is 1.31. The van der Waals surface area contributed by atoms with Gasteiger partial charge in [-0.15, -0.1) is 0 Å². The Morgan fingerprint density at radius 2 is 2.25 bits per heavy atom. The highest BCUT2D eigenvalue weighted by Gasteiger charge is 2.01. The van der Waals surface area contributed by atoms with Crippen LogP contribution in [0, 0.1) is 0 Å². The average Bonchev–Trinajstić information content (AvgIpc) is 2.54. The Balaban J connectivity index is 2.45. The molecule has 0 amide bonds. The molecule has 2 aromatic rings. The van der Waals surface area contributed by atoms with Crippen LogP contribution in [-0.2, 0) is 0 Å². The number of halogens is 1. The molecular formula is C8H6ClN3. The van der Waals surface area contributed by atoms with Crippen LogP contribution >= 0.6 is 11.6 Å². The van der Waals surface area contributed by atoms with Crippen molar-refractivity contribution >= 4 is 11.6 Å². The van der Waals surface area contributed by atoms with Gasteiger partial charge in [0.05, 0.1) is 0 Å². The number of nitrogens with one attached hydrogen (secondary N) is 1. The van der Waals surface area contributed by atoms with E-state index in [2.05, 4.69) is 15.0 Å². The van der Waals surface area contributed by atoms with Gasteiger partial charge in [-0.05, 0) is 12.1 Å². The minimum Gasteiger partial charge on any atom is -0.342 e. The Morgan fingerprint density at radius 3 is 2.83 bits per heavy atom. The van der Waals surface area contributed by atoms with Gasteiger partial charge in [-0.2, -0.15) is 0 Å². The zero-order valence-corrected chi connectivity index (χ0v) is 6.92. The molecular weight excluding hydrogens is 174 g/mol. The lowest BCUT2D eigenvalue weighted by atomic mass is 10.3. The fourth-order valence-corrected chi connectivity index (χ4v) is 1.07. The monoisotopic (exact) mass is 179 g/mol. The highest BCUT2D eigenvalue weighted by atomic mass is 35.5. The van der Waals surface area contributed by atoms with Crippen LogP contribution in [0.5, 0.6) is 0 Å². The third-order valence-electron chi connectivity index (χ3n) is 1.45. The molecule has 2 rings (SSSR count). The standard InChI is InChI=1S/C8H6ClN3/c9-7-5-11-8(12-7)6-3-1-2-4-10-6/h1-5H,(H,11,12). The quantitative estimate of drug-likeness (QED) is 0.729. The van der Waals surface area contributed by atoms with E-state index in [9.17, 15) is 0 Å². The van der Waals surface area contributed by atoms with Gasteiger partial charge in [0.1, 0.15) is 10.8 Å². The Labute approximate surface area is 74.4 Å². The van der Waals surface area contributed by atoms with E-state index in [1.807, 2.05) is 18.2 Å². The maximum absolute atomic E-state index is 5.64. The molecule has 0 bridgehead atoms. The molecule has 0 fully saturated rings. The normalized spacial score (nSPS) is 10.1. The van der Waals surface area contributed by atoms with Crippen molar-refractivity contribution in [2.24, 2.45) is 0 Å². The lowest BCUT2D eigenvalue weighted by Crippen LogP contribution is -1.82. The first-order chi connectivity index (χ1) is 5.86. The number of aromatic nitrogens is 3. The lowest BCUT2D eigenvalue weighted by molar-refractivity contribution is 1.22. The van der Waals surface area contributed by atoms with Crippen molar-refractivity contribution in [3.05, 3.63) is 35.7 Å². The smallest absolute Gasteiger partial charge is 0.157 e. The lowest BCUT2D eigenvalue weighted by Gasteiger charge is -1.91. The van der Waals surface area contributed by atoms with Gasteiger partial charge in [-0.25, -0.2) is 4.98 Å². The fourth-order valence-electron chi connectivity index (χ4n) is 0.933. The van der Waals surface area contributed by atoms with Crippen molar-refractivity contribution in [2.75, 3.05) is 0 Å². The summed E-state index contributed by atoms with van der Waals surface area (Å²) < 4.78 is 0. The van der Waals surface area contributed by atoms with Crippen molar-refractivity contribution < 1.29 is 0 Å². The molecule has 0 saturated heterocycles. The van der Waals surface area contributed by atoms with E-state index in [0.29, 0.717) is 11.0 Å². The SMILES string of the molecule is Clc1c[nH]c(-c2ccccn2)n1. The summed E-state index contributed by atoms with van der Waals surface area (Å²) in [6.07, 6.45) is 3.34. The number of pyridine rings is 1. The second-order valence-corrected chi connectivity index (χ2v) is 2.67. The number of rotatable bonds is 1. The molecule has 0 aromatic carbocycles. The van der Waals surface area contributed by atoms with E-state index in [-0.39, 0.29) is 0 Å². The van der Waals surface area contributed by atoms with Gasteiger partial charge in [-0.3, -0.25) is 4.98 Å². The van der Waals surface area contributed by atoms with Crippen molar-refractivity contribution in [2.45, 2.75) is 0 Å². The topological polar surface area (TPSA) is 41.6 Å². The number of hydrogen-bond acceptors (Lipinski definition) is 2. The van der Waals surface area contributed by atoms with E-state index < -0.39 is 0 Å². The zero-order chi connectivity index (χ0) is 8.39. The molecule has 0 atom stereocenters. The van der Waals surface area contributed by atoms with Crippen LogP contribution in [0.2, 0.25) is 5.15 Å². The van der Waals surface area contributed by atoms with Crippen molar-refractivity contribution in [3.8, 4) is 11.5 Å². The summed E-state index contributed by atoms with van der Waals surface area (Å²) in [5.74, 6) is 0.695. The van der Waals surface area contributed by atoms with E-state index in [0.717, 1.165) is 5.69 Å². The molecule has 0 aliphatic heterocycles. The number of imidazole rings is 1. The highest BCUT2D eigenvalue weighted by molar-refractivity contribution is 6.29. The largest absolute Gasteiger partial charge is 0.342 e. The van der Waals surface area contributed by atoms with Crippen LogP contribution in [-0.4, -0.2) is 15.0 Å². The molecule has 0 spiro atoms. The van der Waals surface area contributed by atoms with Crippen LogP contribution in [0.4, 0.5) is 0 Å². The average molecular weight is 180 g/mol. The summed E-state index contributed by atoms with van der Waals surface area (Å²) in [6.45, 7) is 0. The minimum atomic E-state index is 0.454. The van der Waals surface area contributed by atoms with Crippen molar-refractivity contribution in [3.63, 3.8) is 0 Å². The van der Waals surface area contributed by atoms with Gasteiger partial charge in [0.25, 0.3) is 0 Å². The fraction of sp³-hybridized carbons (Fsp3) is 0. The Bertz CT molecular complexity index is 369. The van der Waals surface area contributed by atoms with Gasteiger partial charge in [-0.1, -0.05) is 17.7 Å². The third-order valence-corrected chi connectivity index (χ3v) is 1.65. The molecule has 12 heavy (non-hydrogen) atoms. The number of H-pyrrole nitrogens is 1. The van der Waals surface area contributed by atoms with E-state index in [4.69, 9.17) is 11.6 Å². The van der Waals surface area contributed by atoms with Gasteiger partial charge in [0, 0.05) is 12.4 Å². The van der Waals surface area contributed by atoms with Crippen LogP contribution in [0.25, 0.3) is 11.5 Å². The Kier molecular flexibility index (Phi) is 1.80. The first-order valence-electron chi connectivity index (χ1n) is 3.48. The second kappa shape index (κ2) is 2.95. The van der Waals surface area contributed by atoms with E-state index >= 15 is 0 Å². The van der Waals surface area contributed by atoms with E-state index in [1.165, 1.54) is 0 Å². The molecule has 4 heteroatoms. The van der Waals surface area contributed by atoms with E-state index in [1.54, 1.807) is 12.4 Å². The maximum Gasteiger partial charge on any atom is 0.157 e. The second-order valence-electron chi connectivity index (χ2n) is 2.29. The summed E-state index contributed by atoms with van der Waals surface area (Å²) in [4.78, 5) is 11.1. The molecule has 0 aliphatic carbocycles. The molecule has 60 valence electrons. The van der Waals surface area contributed by atoms with Gasteiger partial charge in [0.2, 0.25) is 0 Å². The summed E-state index contributed by atoms with van der Waals surface area (Å²) in [6, 6.07) is 5.63. The molecule has 0 radical (unpaired) electrons. The molecule has 0 aliphatic rings. The summed E-state index contributed by atoms with van der Waals surface area (Å²) in [5, 5.41) is 0.454. The number of nitrogens with zero attached hydrogens (tertiary/aromatic N) is 2. The minimum absolute atomic E-state index is 0.454. The summed E-state index contributed by atoms with van der Waals surface area (Å²) >= 11 is 5.64. The summed E-state index contributed by atoms with van der Waals surface area (Å²) in [5.41, 5.74) is 0.796. The van der Waals surface area contributed by atoms with Gasteiger partial charge in [0.15, 0.2) is 5.82 Å². The molecule has 3 nitrogen and oxygen atoms in total. The van der Waals surface area contributed by atoms with Crippen molar-refractivity contribution in [1.29, 1.82) is 0 Å². The molecule has 0 unspecified atom stereocenters. The highest BCUT2D eigenvalue weighted by Crippen LogP contribution is 2.13. The zero-order valence-electron chi connectivity index (χ0n) is 6.16. The van der Waals surface area contributed by atoms with Crippen LogP contribution in [0.15, 0.2) is 30.6 Å². The number of hydrogen-bond donors (Lipinski definition) is 1. The van der Waals surface area contributed by atoms with Crippen LogP contribution in [0.3, 0.4) is 0 Å². The Hall–Kier alpha value is -1.35. The molecule has 2 aromatic heterocycles.